The Hall–Kier alpha value is -2.29. The summed E-state index contributed by atoms with van der Waals surface area (Å²) in [6, 6.07) is 10.9. The van der Waals surface area contributed by atoms with Crippen LogP contribution in [0.5, 0.6) is 11.5 Å². The Balaban J connectivity index is 2.05. The van der Waals surface area contributed by atoms with E-state index in [0.29, 0.717) is 34.9 Å². The van der Waals surface area contributed by atoms with Gasteiger partial charge in [-0.25, -0.2) is 4.79 Å². The number of benzene rings is 2. The van der Waals surface area contributed by atoms with Gasteiger partial charge in [0.25, 0.3) is 0 Å². The van der Waals surface area contributed by atoms with Crippen molar-refractivity contribution < 1.29 is 28.9 Å². The number of carboxylic acid groups (broad SMARTS) is 1. The maximum absolute atomic E-state index is 12.0. The van der Waals surface area contributed by atoms with Crippen LogP contribution in [0.25, 0.3) is 0 Å². The Bertz CT molecular complexity index is 999. The molecule has 0 aromatic heterocycles. The molecule has 172 valence electrons. The van der Waals surface area contributed by atoms with Gasteiger partial charge in [0.15, 0.2) is 18.1 Å². The Morgan fingerprint density at radius 2 is 1.91 bits per heavy atom. The number of ether oxygens (including phenoxy) is 3. The topological polar surface area (TPSA) is 94.1 Å². The first-order valence-electron chi connectivity index (χ1n) is 10.0. The summed E-state index contributed by atoms with van der Waals surface area (Å²) in [6.07, 6.45) is 0.178. The molecule has 9 heteroatoms. The second-order valence-corrected chi connectivity index (χ2v) is 9.38. The zero-order valence-electron chi connectivity index (χ0n) is 18.0. The molecule has 1 aliphatic rings. The summed E-state index contributed by atoms with van der Waals surface area (Å²) in [6.45, 7) is 2.93. The van der Waals surface area contributed by atoms with E-state index in [4.69, 9.17) is 30.9 Å². The van der Waals surface area contributed by atoms with Gasteiger partial charge in [0.05, 0.1) is 19.3 Å². The first-order chi connectivity index (χ1) is 15.1. The van der Waals surface area contributed by atoms with Crippen LogP contribution in [-0.4, -0.2) is 36.2 Å². The standard InChI is InChI=1S/C23H25BrClNO6/c1-13(27)26-23(2)10-19(14-4-6-16(25)7-5-14)32-20(11-23)17-8-15(24)9-18(30-3)22(17)31-12-21(28)29/h4-9,19-20H,10-12H2,1-3H3,(H,26,27)(H,28,29)/t19-,20+,23-/m0/s1. The minimum Gasteiger partial charge on any atom is -0.493 e. The molecule has 7 nitrogen and oxygen atoms in total. The van der Waals surface area contributed by atoms with Crippen molar-refractivity contribution in [2.75, 3.05) is 13.7 Å². The molecule has 2 aromatic carbocycles. The van der Waals surface area contributed by atoms with Crippen molar-refractivity contribution >= 4 is 39.4 Å². The van der Waals surface area contributed by atoms with Gasteiger partial charge in [-0.3, -0.25) is 4.79 Å². The van der Waals surface area contributed by atoms with Gasteiger partial charge in [0.2, 0.25) is 5.91 Å². The summed E-state index contributed by atoms with van der Waals surface area (Å²) in [7, 11) is 1.48. The fourth-order valence-corrected chi connectivity index (χ4v) is 4.63. The summed E-state index contributed by atoms with van der Waals surface area (Å²) in [5.74, 6) is -0.566. The van der Waals surface area contributed by atoms with Gasteiger partial charge in [-0.05, 0) is 36.8 Å². The van der Waals surface area contributed by atoms with Gasteiger partial charge in [-0.1, -0.05) is 39.7 Å². The van der Waals surface area contributed by atoms with E-state index in [1.165, 1.54) is 14.0 Å². The van der Waals surface area contributed by atoms with E-state index in [0.717, 1.165) is 10.0 Å². The fourth-order valence-electron chi connectivity index (χ4n) is 4.05. The lowest BCUT2D eigenvalue weighted by Crippen LogP contribution is -2.50. The molecule has 1 aliphatic heterocycles. The maximum Gasteiger partial charge on any atom is 0.341 e. The molecule has 1 fully saturated rings. The summed E-state index contributed by atoms with van der Waals surface area (Å²) in [4.78, 5) is 23.1. The summed E-state index contributed by atoms with van der Waals surface area (Å²) in [5, 5.41) is 12.8. The molecule has 3 rings (SSSR count). The first kappa shape index (κ1) is 24.4. The van der Waals surface area contributed by atoms with E-state index >= 15 is 0 Å². The molecule has 32 heavy (non-hydrogen) atoms. The van der Waals surface area contributed by atoms with Gasteiger partial charge in [-0.2, -0.15) is 0 Å². The Morgan fingerprint density at radius 1 is 1.25 bits per heavy atom. The van der Waals surface area contributed by atoms with Crippen LogP contribution in [0.15, 0.2) is 40.9 Å². The lowest BCUT2D eigenvalue weighted by atomic mass is 9.81. The normalized spacial score (nSPS) is 22.8. The second kappa shape index (κ2) is 10.1. The number of methoxy groups -OCH3 is 1. The number of rotatable bonds is 7. The van der Waals surface area contributed by atoms with E-state index in [2.05, 4.69) is 21.2 Å². The monoisotopic (exact) mass is 525 g/mol. The number of halogens is 2. The number of hydrogen-bond donors (Lipinski definition) is 2. The number of amides is 1. The van der Waals surface area contributed by atoms with Crippen molar-refractivity contribution in [3.05, 3.63) is 57.0 Å². The van der Waals surface area contributed by atoms with E-state index in [1.54, 1.807) is 18.2 Å². The molecule has 3 atom stereocenters. The Morgan fingerprint density at radius 3 is 2.50 bits per heavy atom. The maximum atomic E-state index is 12.0. The van der Waals surface area contributed by atoms with Crippen LogP contribution >= 0.6 is 27.5 Å². The highest BCUT2D eigenvalue weighted by molar-refractivity contribution is 9.10. The first-order valence-corrected chi connectivity index (χ1v) is 11.2. The van der Waals surface area contributed by atoms with Crippen LogP contribution in [0.2, 0.25) is 5.02 Å². The van der Waals surface area contributed by atoms with Crippen LogP contribution in [0, 0.1) is 0 Å². The van der Waals surface area contributed by atoms with Crippen LogP contribution < -0.4 is 14.8 Å². The van der Waals surface area contributed by atoms with E-state index in [1.807, 2.05) is 25.1 Å². The van der Waals surface area contributed by atoms with Crippen molar-refractivity contribution in [3.8, 4) is 11.5 Å². The van der Waals surface area contributed by atoms with Gasteiger partial charge >= 0.3 is 5.97 Å². The Labute approximate surface area is 200 Å². The summed E-state index contributed by atoms with van der Waals surface area (Å²) in [5.41, 5.74) is 0.983. The molecule has 2 N–H and O–H groups in total. The highest BCUT2D eigenvalue weighted by atomic mass is 79.9. The zero-order chi connectivity index (χ0) is 23.5. The third-order valence-electron chi connectivity index (χ3n) is 5.28. The number of carboxylic acids is 1. The molecule has 0 spiro atoms. The SMILES string of the molecule is COc1cc(Br)cc([C@H]2C[C@@](C)(NC(C)=O)C[C@@H](c3ccc(Cl)cc3)O2)c1OCC(=O)O. The average Bonchev–Trinajstić information content (AvgIpc) is 2.71. The summed E-state index contributed by atoms with van der Waals surface area (Å²) >= 11 is 9.53. The predicted octanol–water partition coefficient (Wildman–Crippen LogP) is 5.06. The third kappa shape index (κ3) is 5.94. The van der Waals surface area contributed by atoms with E-state index in [9.17, 15) is 9.59 Å². The minimum atomic E-state index is -1.10. The molecular formula is C23H25BrClNO6. The molecule has 0 radical (unpaired) electrons. The zero-order valence-corrected chi connectivity index (χ0v) is 20.3. The number of hydrogen-bond acceptors (Lipinski definition) is 5. The molecule has 1 heterocycles. The quantitative estimate of drug-likeness (QED) is 0.524. The molecule has 0 saturated carbocycles. The number of carbonyl (C=O) groups excluding carboxylic acids is 1. The van der Waals surface area contributed by atoms with Crippen molar-refractivity contribution in [1.29, 1.82) is 0 Å². The van der Waals surface area contributed by atoms with E-state index < -0.39 is 24.2 Å². The average molecular weight is 527 g/mol. The van der Waals surface area contributed by atoms with Crippen molar-refractivity contribution in [1.82, 2.24) is 5.32 Å². The molecule has 0 bridgehead atoms. The molecule has 0 aliphatic carbocycles. The van der Waals surface area contributed by atoms with Crippen molar-refractivity contribution in [2.24, 2.45) is 0 Å². The lowest BCUT2D eigenvalue weighted by molar-refractivity contribution is -0.139. The Kier molecular flexibility index (Phi) is 7.69. The van der Waals surface area contributed by atoms with Crippen LogP contribution in [0.4, 0.5) is 0 Å². The van der Waals surface area contributed by atoms with Gasteiger partial charge in [-0.15, -0.1) is 0 Å². The fraction of sp³-hybridized carbons (Fsp3) is 0.391. The van der Waals surface area contributed by atoms with Gasteiger partial charge in [0.1, 0.15) is 0 Å². The molecule has 2 aromatic rings. The number of carbonyl (C=O) groups is 2. The molecular weight excluding hydrogens is 502 g/mol. The van der Waals surface area contributed by atoms with Gasteiger partial charge in [0, 0.05) is 40.4 Å². The van der Waals surface area contributed by atoms with Crippen molar-refractivity contribution in [3.63, 3.8) is 0 Å². The van der Waals surface area contributed by atoms with E-state index in [-0.39, 0.29) is 12.0 Å². The number of aliphatic carboxylic acids is 1. The minimum absolute atomic E-state index is 0.142. The summed E-state index contributed by atoms with van der Waals surface area (Å²) < 4.78 is 18.3. The highest BCUT2D eigenvalue weighted by Crippen LogP contribution is 2.48. The molecule has 1 saturated heterocycles. The molecule has 1 amide bonds. The lowest BCUT2D eigenvalue weighted by Gasteiger charge is -2.43. The van der Waals surface area contributed by atoms with Crippen molar-refractivity contribution in [2.45, 2.75) is 44.4 Å². The van der Waals surface area contributed by atoms with Gasteiger partial charge < -0.3 is 24.6 Å². The highest BCUT2D eigenvalue weighted by Gasteiger charge is 2.41. The number of nitrogens with one attached hydrogen (secondary N) is 1. The predicted molar refractivity (Wildman–Crippen MR) is 123 cm³/mol. The third-order valence-corrected chi connectivity index (χ3v) is 5.98. The largest absolute Gasteiger partial charge is 0.493 e. The molecule has 0 unspecified atom stereocenters. The van der Waals surface area contributed by atoms with Crippen LogP contribution in [-0.2, 0) is 14.3 Å². The van der Waals surface area contributed by atoms with Crippen LogP contribution in [0.1, 0.15) is 50.0 Å². The smallest absolute Gasteiger partial charge is 0.341 e. The van der Waals surface area contributed by atoms with Crippen LogP contribution in [0.3, 0.4) is 0 Å². The second-order valence-electron chi connectivity index (χ2n) is 8.02.